The normalized spacial score (nSPS) is 17.6. The summed E-state index contributed by atoms with van der Waals surface area (Å²) in [5.41, 5.74) is 2.76. The first-order chi connectivity index (χ1) is 13.6. The summed E-state index contributed by atoms with van der Waals surface area (Å²) < 4.78 is 13.5. The van der Waals surface area contributed by atoms with Crippen LogP contribution in [0.25, 0.3) is 10.8 Å². The predicted molar refractivity (Wildman–Crippen MR) is 115 cm³/mol. The van der Waals surface area contributed by atoms with Gasteiger partial charge in [-0.25, -0.2) is 0 Å². The molecule has 1 spiro atoms. The number of hydrogen-bond acceptors (Lipinski definition) is 2. The van der Waals surface area contributed by atoms with E-state index in [9.17, 15) is 0 Å². The third-order valence-corrected chi connectivity index (χ3v) is 8.62. The van der Waals surface area contributed by atoms with Gasteiger partial charge in [-0.2, -0.15) is 0 Å². The molecule has 2 aliphatic heterocycles. The molecule has 136 valence electrons. The fourth-order valence-corrected chi connectivity index (χ4v) is 7.57. The molecule has 2 nitrogen and oxygen atoms in total. The molecular formula is C25H20O2Si. The van der Waals surface area contributed by atoms with Gasteiger partial charge in [-0.15, -0.1) is 0 Å². The lowest BCUT2D eigenvalue weighted by molar-refractivity contribution is 0.134. The van der Waals surface area contributed by atoms with Crippen LogP contribution in [0.3, 0.4) is 0 Å². The molecule has 6 rings (SSSR count). The summed E-state index contributed by atoms with van der Waals surface area (Å²) in [6.45, 7) is 4.61. The average Bonchev–Trinajstić information content (AvgIpc) is 2.72. The maximum atomic E-state index is 7.23. The molecule has 0 saturated heterocycles. The van der Waals surface area contributed by atoms with Gasteiger partial charge in [0.15, 0.2) is 0 Å². The molecule has 0 fully saturated rings. The van der Waals surface area contributed by atoms with E-state index in [1.54, 1.807) is 0 Å². The number of hydrogen-bond donors (Lipinski definition) is 0. The summed E-state index contributed by atoms with van der Waals surface area (Å²) >= 11 is 0. The Kier molecular flexibility index (Phi) is 3.07. The van der Waals surface area contributed by atoms with Crippen LogP contribution in [0.5, 0.6) is 11.5 Å². The molecule has 0 N–H and O–H groups in total. The van der Waals surface area contributed by atoms with E-state index in [1.807, 2.05) is 24.3 Å². The maximum absolute atomic E-state index is 7.23. The molecule has 0 radical (unpaired) electrons. The Balaban J connectivity index is 1.84. The fraction of sp³-hybridized carbons (Fsp3) is 0.120. The second-order valence-electron chi connectivity index (χ2n) is 8.10. The molecule has 0 aliphatic carbocycles. The van der Waals surface area contributed by atoms with Gasteiger partial charge >= 0.3 is 0 Å². The van der Waals surface area contributed by atoms with Gasteiger partial charge in [-0.3, -0.25) is 0 Å². The SMILES string of the molecule is C[Si]1(C)OC2(c3ccccc3Oc3ccccc32)c2cccc3cccc1c23. The second kappa shape index (κ2) is 5.34. The molecule has 3 heteroatoms. The lowest BCUT2D eigenvalue weighted by atomic mass is 9.76. The van der Waals surface area contributed by atoms with E-state index in [0.717, 1.165) is 22.6 Å². The van der Waals surface area contributed by atoms with E-state index in [1.165, 1.54) is 21.5 Å². The number of benzene rings is 4. The van der Waals surface area contributed by atoms with Gasteiger partial charge in [0, 0.05) is 11.1 Å². The zero-order valence-electron chi connectivity index (χ0n) is 15.9. The van der Waals surface area contributed by atoms with Crippen LogP contribution in [0.15, 0.2) is 84.9 Å². The molecule has 0 bridgehead atoms. The molecule has 0 atom stereocenters. The summed E-state index contributed by atoms with van der Waals surface area (Å²) in [7, 11) is -2.19. The van der Waals surface area contributed by atoms with Crippen molar-refractivity contribution < 1.29 is 9.16 Å². The minimum atomic E-state index is -2.19. The molecule has 2 heterocycles. The summed E-state index contributed by atoms with van der Waals surface area (Å²) in [4.78, 5) is 0. The van der Waals surface area contributed by atoms with Crippen molar-refractivity contribution in [2.75, 3.05) is 0 Å². The van der Waals surface area contributed by atoms with E-state index in [2.05, 4.69) is 73.8 Å². The summed E-state index contributed by atoms with van der Waals surface area (Å²) in [6.07, 6.45) is 0. The van der Waals surface area contributed by atoms with Crippen LogP contribution in [0.4, 0.5) is 0 Å². The van der Waals surface area contributed by atoms with Gasteiger partial charge in [0.25, 0.3) is 0 Å². The highest BCUT2D eigenvalue weighted by Gasteiger charge is 2.52. The van der Waals surface area contributed by atoms with Crippen molar-refractivity contribution >= 4 is 24.3 Å². The van der Waals surface area contributed by atoms with Crippen LogP contribution in [0, 0.1) is 0 Å². The minimum absolute atomic E-state index is 0.644. The van der Waals surface area contributed by atoms with E-state index in [4.69, 9.17) is 9.16 Å². The first kappa shape index (κ1) is 16.1. The first-order valence-corrected chi connectivity index (χ1v) is 12.6. The number of ether oxygens (including phenoxy) is 1. The van der Waals surface area contributed by atoms with Crippen LogP contribution in [0.2, 0.25) is 13.1 Å². The zero-order valence-corrected chi connectivity index (χ0v) is 16.9. The fourth-order valence-electron chi connectivity index (χ4n) is 4.99. The smallest absolute Gasteiger partial charge is 0.220 e. The first-order valence-electron chi connectivity index (χ1n) is 9.71. The van der Waals surface area contributed by atoms with Crippen molar-refractivity contribution in [3.8, 4) is 11.5 Å². The van der Waals surface area contributed by atoms with E-state index < -0.39 is 13.9 Å². The maximum Gasteiger partial charge on any atom is 0.220 e. The lowest BCUT2D eigenvalue weighted by Gasteiger charge is -2.48. The average molecular weight is 381 g/mol. The monoisotopic (exact) mass is 380 g/mol. The molecule has 0 aromatic heterocycles. The Morgan fingerprint density at radius 2 is 1.21 bits per heavy atom. The molecule has 28 heavy (non-hydrogen) atoms. The largest absolute Gasteiger partial charge is 0.457 e. The van der Waals surface area contributed by atoms with Crippen molar-refractivity contribution in [1.82, 2.24) is 0 Å². The van der Waals surface area contributed by atoms with Crippen molar-refractivity contribution in [1.29, 1.82) is 0 Å². The van der Waals surface area contributed by atoms with Crippen LogP contribution < -0.4 is 9.92 Å². The highest BCUT2D eigenvalue weighted by atomic mass is 28.4. The highest BCUT2D eigenvalue weighted by Crippen LogP contribution is 2.55. The van der Waals surface area contributed by atoms with Crippen molar-refractivity contribution in [3.05, 3.63) is 102 Å². The third-order valence-electron chi connectivity index (χ3n) is 6.09. The predicted octanol–water partition coefficient (Wildman–Crippen LogP) is 5.68. The van der Waals surface area contributed by atoms with Crippen LogP contribution in [-0.2, 0) is 10.0 Å². The van der Waals surface area contributed by atoms with Crippen molar-refractivity contribution in [3.63, 3.8) is 0 Å². The number of para-hydroxylation sites is 2. The molecular weight excluding hydrogens is 360 g/mol. The van der Waals surface area contributed by atoms with Crippen molar-refractivity contribution in [2.45, 2.75) is 18.7 Å². The van der Waals surface area contributed by atoms with Gasteiger partial charge in [0.1, 0.15) is 17.1 Å². The number of fused-ring (bicyclic) bond motifs is 5. The minimum Gasteiger partial charge on any atom is -0.457 e. The zero-order chi connectivity index (χ0) is 18.9. The Morgan fingerprint density at radius 3 is 1.89 bits per heavy atom. The van der Waals surface area contributed by atoms with Crippen LogP contribution in [-0.4, -0.2) is 8.32 Å². The van der Waals surface area contributed by atoms with Gasteiger partial charge < -0.3 is 9.16 Å². The Labute approximate surface area is 165 Å². The number of rotatable bonds is 0. The molecule has 2 aliphatic rings. The molecule has 0 amide bonds. The highest BCUT2D eigenvalue weighted by molar-refractivity contribution is 6.86. The van der Waals surface area contributed by atoms with Gasteiger partial charge in [0.2, 0.25) is 8.32 Å². The standard InChI is InChI=1S/C25H20O2Si/c1-28(2)23-16-8-10-17-9-7-13-20(24(17)23)25(27-28)18-11-3-5-14-21(18)26-22-15-6-4-12-19(22)25/h3-16H,1-2H3. The lowest BCUT2D eigenvalue weighted by Crippen LogP contribution is -2.56. The molecule has 0 unspecified atom stereocenters. The molecule has 4 aromatic carbocycles. The van der Waals surface area contributed by atoms with E-state index in [-0.39, 0.29) is 0 Å². The van der Waals surface area contributed by atoms with Gasteiger partial charge in [0.05, 0.1) is 0 Å². The van der Waals surface area contributed by atoms with Crippen LogP contribution in [0.1, 0.15) is 16.7 Å². The van der Waals surface area contributed by atoms with Crippen LogP contribution >= 0.6 is 0 Å². The van der Waals surface area contributed by atoms with Gasteiger partial charge in [-0.05, 0) is 46.7 Å². The summed E-state index contributed by atoms with van der Waals surface area (Å²) in [5.74, 6) is 1.75. The van der Waals surface area contributed by atoms with E-state index >= 15 is 0 Å². The Bertz CT molecular complexity index is 1210. The summed E-state index contributed by atoms with van der Waals surface area (Å²) in [5, 5.41) is 3.99. The molecule has 4 aromatic rings. The Morgan fingerprint density at radius 1 is 0.643 bits per heavy atom. The molecule has 0 saturated carbocycles. The second-order valence-corrected chi connectivity index (χ2v) is 11.9. The Hall–Kier alpha value is -2.88. The van der Waals surface area contributed by atoms with Gasteiger partial charge in [-0.1, -0.05) is 72.8 Å². The quantitative estimate of drug-likeness (QED) is 0.365. The van der Waals surface area contributed by atoms with Crippen molar-refractivity contribution in [2.24, 2.45) is 0 Å². The van der Waals surface area contributed by atoms with E-state index in [0.29, 0.717) is 0 Å². The topological polar surface area (TPSA) is 18.5 Å². The third kappa shape index (κ3) is 1.90. The summed E-state index contributed by atoms with van der Waals surface area (Å²) in [6, 6.07) is 29.8.